The maximum absolute atomic E-state index is 13.4. The Morgan fingerprint density at radius 2 is 2.11 bits per heavy atom. The highest BCUT2D eigenvalue weighted by Gasteiger charge is 2.06. The molecule has 96 valence electrons. The SMILES string of the molecule is N#Cc1ccc(Cl)c(NCc2cccc(F)c2Br)c1. The third kappa shape index (κ3) is 3.25. The van der Waals surface area contributed by atoms with Crippen LogP contribution in [0.15, 0.2) is 40.9 Å². The Balaban J connectivity index is 2.19. The summed E-state index contributed by atoms with van der Waals surface area (Å²) in [6, 6.07) is 11.8. The van der Waals surface area contributed by atoms with Crippen molar-refractivity contribution in [2.24, 2.45) is 0 Å². The maximum Gasteiger partial charge on any atom is 0.137 e. The van der Waals surface area contributed by atoms with E-state index in [2.05, 4.69) is 21.2 Å². The zero-order chi connectivity index (χ0) is 13.8. The Kier molecular flexibility index (Phi) is 4.41. The van der Waals surface area contributed by atoms with Crippen LogP contribution in [0.25, 0.3) is 0 Å². The molecule has 0 saturated heterocycles. The molecule has 0 saturated carbocycles. The molecule has 1 N–H and O–H groups in total. The molecule has 0 aliphatic carbocycles. The monoisotopic (exact) mass is 338 g/mol. The molecular formula is C14H9BrClFN2. The normalized spacial score (nSPS) is 10.0. The van der Waals surface area contributed by atoms with E-state index in [0.717, 1.165) is 5.56 Å². The summed E-state index contributed by atoms with van der Waals surface area (Å²) in [7, 11) is 0. The van der Waals surface area contributed by atoms with Crippen LogP contribution in [-0.2, 0) is 6.54 Å². The predicted octanol–water partition coefficient (Wildman–Crippen LogP) is 4.73. The number of halogens is 3. The molecule has 5 heteroatoms. The zero-order valence-corrected chi connectivity index (χ0v) is 12.1. The number of nitriles is 1. The highest BCUT2D eigenvalue weighted by atomic mass is 79.9. The summed E-state index contributed by atoms with van der Waals surface area (Å²) in [6.07, 6.45) is 0. The molecule has 0 bridgehead atoms. The predicted molar refractivity (Wildman–Crippen MR) is 77.6 cm³/mol. The van der Waals surface area contributed by atoms with Crippen LogP contribution in [0.4, 0.5) is 10.1 Å². The van der Waals surface area contributed by atoms with Crippen LogP contribution in [0, 0.1) is 17.1 Å². The molecule has 0 fully saturated rings. The molecule has 0 unspecified atom stereocenters. The minimum absolute atomic E-state index is 0.309. The minimum Gasteiger partial charge on any atom is -0.380 e. The Labute approximate surface area is 123 Å². The average Bonchev–Trinajstić information content (AvgIpc) is 2.42. The van der Waals surface area contributed by atoms with Gasteiger partial charge in [-0.25, -0.2) is 4.39 Å². The van der Waals surface area contributed by atoms with Crippen LogP contribution in [0.3, 0.4) is 0 Å². The summed E-state index contributed by atoms with van der Waals surface area (Å²) >= 11 is 9.23. The second-order valence-electron chi connectivity index (χ2n) is 3.87. The van der Waals surface area contributed by atoms with Gasteiger partial charge in [0, 0.05) is 6.54 Å². The van der Waals surface area contributed by atoms with E-state index in [0.29, 0.717) is 27.3 Å². The number of nitrogens with zero attached hydrogens (tertiary/aromatic N) is 1. The summed E-state index contributed by atoms with van der Waals surface area (Å²) in [5, 5.41) is 12.5. The second kappa shape index (κ2) is 6.05. The van der Waals surface area contributed by atoms with Gasteiger partial charge in [-0.2, -0.15) is 5.26 Å². The number of benzene rings is 2. The van der Waals surface area contributed by atoms with E-state index in [1.165, 1.54) is 6.07 Å². The lowest BCUT2D eigenvalue weighted by atomic mass is 10.2. The Bertz CT molecular complexity index is 652. The number of nitrogens with one attached hydrogen (secondary N) is 1. The van der Waals surface area contributed by atoms with Crippen LogP contribution >= 0.6 is 27.5 Å². The number of rotatable bonds is 3. The van der Waals surface area contributed by atoms with Gasteiger partial charge in [0.2, 0.25) is 0 Å². The summed E-state index contributed by atoms with van der Waals surface area (Å²) in [5.41, 5.74) is 1.94. The number of hydrogen-bond acceptors (Lipinski definition) is 2. The number of hydrogen-bond donors (Lipinski definition) is 1. The van der Waals surface area contributed by atoms with Gasteiger partial charge >= 0.3 is 0 Å². The zero-order valence-electron chi connectivity index (χ0n) is 9.75. The van der Waals surface area contributed by atoms with Crippen molar-refractivity contribution in [2.75, 3.05) is 5.32 Å². The molecule has 0 heterocycles. The summed E-state index contributed by atoms with van der Waals surface area (Å²) < 4.78 is 13.8. The van der Waals surface area contributed by atoms with Gasteiger partial charge < -0.3 is 5.32 Å². The lowest BCUT2D eigenvalue weighted by Crippen LogP contribution is -2.02. The van der Waals surface area contributed by atoms with Crippen molar-refractivity contribution in [3.63, 3.8) is 0 Å². The van der Waals surface area contributed by atoms with Gasteiger partial charge in [0.1, 0.15) is 5.82 Å². The fourth-order valence-electron chi connectivity index (χ4n) is 1.61. The lowest BCUT2D eigenvalue weighted by molar-refractivity contribution is 0.618. The Hall–Kier alpha value is -1.57. The molecule has 0 atom stereocenters. The number of anilines is 1. The standard InChI is InChI=1S/C14H9BrClFN2/c15-14-10(2-1-3-12(14)17)8-19-13-6-9(7-18)4-5-11(13)16/h1-6,19H,8H2. The molecule has 0 aliphatic heterocycles. The van der Waals surface area contributed by atoms with Gasteiger partial charge in [-0.15, -0.1) is 0 Å². The van der Waals surface area contributed by atoms with Crippen molar-refractivity contribution >= 4 is 33.2 Å². The van der Waals surface area contributed by atoms with E-state index in [9.17, 15) is 4.39 Å². The largest absolute Gasteiger partial charge is 0.380 e. The third-order valence-corrected chi connectivity index (χ3v) is 3.81. The topological polar surface area (TPSA) is 35.8 Å². The first-order chi connectivity index (χ1) is 9.11. The van der Waals surface area contributed by atoms with Crippen molar-refractivity contribution in [3.8, 4) is 6.07 Å². The second-order valence-corrected chi connectivity index (χ2v) is 5.07. The van der Waals surface area contributed by atoms with Crippen molar-refractivity contribution in [1.29, 1.82) is 5.26 Å². The van der Waals surface area contributed by atoms with Gasteiger partial charge in [-0.3, -0.25) is 0 Å². The van der Waals surface area contributed by atoms with Gasteiger partial charge in [0.25, 0.3) is 0 Å². The summed E-state index contributed by atoms with van der Waals surface area (Å²) in [4.78, 5) is 0. The third-order valence-electron chi connectivity index (χ3n) is 2.60. The molecule has 0 aliphatic rings. The minimum atomic E-state index is -0.309. The molecule has 0 spiro atoms. The van der Waals surface area contributed by atoms with Gasteiger partial charge in [-0.05, 0) is 45.8 Å². The fraction of sp³-hybridized carbons (Fsp3) is 0.0714. The van der Waals surface area contributed by atoms with E-state index in [-0.39, 0.29) is 5.82 Å². The molecule has 2 nitrogen and oxygen atoms in total. The van der Waals surface area contributed by atoms with E-state index >= 15 is 0 Å². The van der Waals surface area contributed by atoms with Crippen LogP contribution in [0.2, 0.25) is 5.02 Å². The first-order valence-corrected chi connectivity index (χ1v) is 6.65. The molecule has 2 aromatic carbocycles. The lowest BCUT2D eigenvalue weighted by Gasteiger charge is -2.10. The quantitative estimate of drug-likeness (QED) is 0.878. The Morgan fingerprint density at radius 3 is 2.84 bits per heavy atom. The van der Waals surface area contributed by atoms with Crippen molar-refractivity contribution in [1.82, 2.24) is 0 Å². The highest BCUT2D eigenvalue weighted by molar-refractivity contribution is 9.10. The van der Waals surface area contributed by atoms with Crippen LogP contribution in [-0.4, -0.2) is 0 Å². The van der Waals surface area contributed by atoms with Crippen LogP contribution < -0.4 is 5.32 Å². The smallest absolute Gasteiger partial charge is 0.137 e. The van der Waals surface area contributed by atoms with E-state index in [1.807, 2.05) is 12.1 Å². The summed E-state index contributed by atoms with van der Waals surface area (Å²) in [6.45, 7) is 0.410. The van der Waals surface area contributed by atoms with Gasteiger partial charge in [0.05, 0.1) is 26.8 Å². The van der Waals surface area contributed by atoms with Crippen LogP contribution in [0.1, 0.15) is 11.1 Å². The van der Waals surface area contributed by atoms with Crippen LogP contribution in [0.5, 0.6) is 0 Å². The molecule has 2 rings (SSSR count). The molecule has 0 amide bonds. The van der Waals surface area contributed by atoms with Gasteiger partial charge in [-0.1, -0.05) is 23.7 Å². The van der Waals surface area contributed by atoms with Crippen molar-refractivity contribution in [2.45, 2.75) is 6.54 Å². The molecular weight excluding hydrogens is 331 g/mol. The van der Waals surface area contributed by atoms with E-state index in [1.54, 1.807) is 24.3 Å². The Morgan fingerprint density at radius 1 is 1.32 bits per heavy atom. The molecule has 19 heavy (non-hydrogen) atoms. The van der Waals surface area contributed by atoms with E-state index < -0.39 is 0 Å². The summed E-state index contributed by atoms with van der Waals surface area (Å²) in [5.74, 6) is -0.309. The maximum atomic E-state index is 13.4. The van der Waals surface area contributed by atoms with Crippen molar-refractivity contribution in [3.05, 3.63) is 62.8 Å². The first kappa shape index (κ1) is 13.9. The average molecular weight is 340 g/mol. The molecule has 0 aromatic heterocycles. The van der Waals surface area contributed by atoms with Crippen molar-refractivity contribution < 1.29 is 4.39 Å². The highest BCUT2D eigenvalue weighted by Crippen LogP contribution is 2.25. The van der Waals surface area contributed by atoms with E-state index in [4.69, 9.17) is 16.9 Å². The van der Waals surface area contributed by atoms with Gasteiger partial charge in [0.15, 0.2) is 0 Å². The molecule has 0 radical (unpaired) electrons. The first-order valence-electron chi connectivity index (χ1n) is 5.48. The fourth-order valence-corrected chi connectivity index (χ4v) is 2.19. The molecule has 2 aromatic rings.